The van der Waals surface area contributed by atoms with Crippen molar-refractivity contribution in [3.8, 4) is 0 Å². The zero-order valence-corrected chi connectivity index (χ0v) is 11.7. The van der Waals surface area contributed by atoms with Gasteiger partial charge in [0.05, 0.1) is 5.52 Å². The standard InChI is InChI=1S/C16H21N3/c1-12(2)13-3-4-14-15(11-13)18-6-5-16(14)19-9-7-17-8-10-19/h3-6,11-12,17H,7-10H2,1-2H3. The number of benzene rings is 1. The van der Waals surface area contributed by atoms with Gasteiger partial charge in [-0.1, -0.05) is 26.0 Å². The topological polar surface area (TPSA) is 28.2 Å². The maximum Gasteiger partial charge on any atom is 0.0725 e. The van der Waals surface area contributed by atoms with Crippen LogP contribution in [0.4, 0.5) is 5.69 Å². The third-order valence-corrected chi connectivity index (χ3v) is 3.87. The molecule has 19 heavy (non-hydrogen) atoms. The minimum absolute atomic E-state index is 0.550. The lowest BCUT2D eigenvalue weighted by Crippen LogP contribution is -2.43. The van der Waals surface area contributed by atoms with Crippen molar-refractivity contribution in [2.45, 2.75) is 19.8 Å². The van der Waals surface area contributed by atoms with Crippen molar-refractivity contribution < 1.29 is 0 Å². The van der Waals surface area contributed by atoms with Crippen LogP contribution >= 0.6 is 0 Å². The molecule has 1 fully saturated rings. The minimum atomic E-state index is 0.550. The number of aromatic nitrogens is 1. The lowest BCUT2D eigenvalue weighted by molar-refractivity contribution is 0.590. The van der Waals surface area contributed by atoms with E-state index in [0.29, 0.717) is 5.92 Å². The summed E-state index contributed by atoms with van der Waals surface area (Å²) in [4.78, 5) is 6.99. The Morgan fingerprint density at radius 3 is 2.68 bits per heavy atom. The highest BCUT2D eigenvalue weighted by molar-refractivity contribution is 5.92. The summed E-state index contributed by atoms with van der Waals surface area (Å²) >= 11 is 0. The van der Waals surface area contributed by atoms with E-state index < -0.39 is 0 Å². The van der Waals surface area contributed by atoms with Gasteiger partial charge in [-0.15, -0.1) is 0 Å². The van der Waals surface area contributed by atoms with E-state index in [1.54, 1.807) is 0 Å². The second-order valence-corrected chi connectivity index (χ2v) is 5.50. The number of anilines is 1. The maximum atomic E-state index is 4.54. The molecule has 1 saturated heterocycles. The third-order valence-electron chi connectivity index (χ3n) is 3.87. The third kappa shape index (κ3) is 2.43. The molecule has 100 valence electrons. The van der Waals surface area contributed by atoms with E-state index in [-0.39, 0.29) is 0 Å². The highest BCUT2D eigenvalue weighted by Gasteiger charge is 2.13. The van der Waals surface area contributed by atoms with Gasteiger partial charge in [0.2, 0.25) is 0 Å². The van der Waals surface area contributed by atoms with Crippen LogP contribution < -0.4 is 10.2 Å². The van der Waals surface area contributed by atoms with Crippen LogP contribution in [0.15, 0.2) is 30.5 Å². The fraction of sp³-hybridized carbons (Fsp3) is 0.438. The van der Waals surface area contributed by atoms with Crippen LogP contribution in [0.3, 0.4) is 0 Å². The lowest BCUT2D eigenvalue weighted by atomic mass is 10.0. The average molecular weight is 255 g/mol. The first-order valence-electron chi connectivity index (χ1n) is 7.10. The van der Waals surface area contributed by atoms with Crippen LogP contribution in [-0.2, 0) is 0 Å². The molecule has 0 unspecified atom stereocenters. The molecule has 0 amide bonds. The quantitative estimate of drug-likeness (QED) is 0.894. The van der Waals surface area contributed by atoms with E-state index in [2.05, 4.69) is 53.3 Å². The van der Waals surface area contributed by atoms with E-state index in [4.69, 9.17) is 0 Å². The Labute approximate surface area is 114 Å². The Morgan fingerprint density at radius 1 is 1.16 bits per heavy atom. The molecule has 2 heterocycles. The summed E-state index contributed by atoms with van der Waals surface area (Å²) in [5, 5.41) is 4.67. The zero-order valence-electron chi connectivity index (χ0n) is 11.7. The summed E-state index contributed by atoms with van der Waals surface area (Å²) in [7, 11) is 0. The fourth-order valence-corrected chi connectivity index (χ4v) is 2.69. The molecule has 1 aliphatic heterocycles. The summed E-state index contributed by atoms with van der Waals surface area (Å²) in [5.74, 6) is 0.550. The van der Waals surface area contributed by atoms with Crippen molar-refractivity contribution in [2.24, 2.45) is 0 Å². The minimum Gasteiger partial charge on any atom is -0.368 e. The monoisotopic (exact) mass is 255 g/mol. The van der Waals surface area contributed by atoms with Crippen molar-refractivity contribution in [3.05, 3.63) is 36.0 Å². The van der Waals surface area contributed by atoms with Gasteiger partial charge >= 0.3 is 0 Å². The Morgan fingerprint density at radius 2 is 1.95 bits per heavy atom. The van der Waals surface area contributed by atoms with Gasteiger partial charge in [-0.2, -0.15) is 0 Å². The molecule has 0 bridgehead atoms. The molecule has 0 aliphatic carbocycles. The highest BCUT2D eigenvalue weighted by atomic mass is 15.2. The van der Waals surface area contributed by atoms with E-state index >= 15 is 0 Å². The molecular weight excluding hydrogens is 234 g/mol. The predicted molar refractivity (Wildman–Crippen MR) is 80.9 cm³/mol. The zero-order chi connectivity index (χ0) is 13.2. The summed E-state index contributed by atoms with van der Waals surface area (Å²) in [6.45, 7) is 8.72. The maximum absolute atomic E-state index is 4.54. The summed E-state index contributed by atoms with van der Waals surface area (Å²) in [5.41, 5.74) is 3.79. The Bertz CT molecular complexity index is 571. The molecule has 1 aromatic carbocycles. The molecule has 0 radical (unpaired) electrons. The molecule has 1 N–H and O–H groups in total. The van der Waals surface area contributed by atoms with Crippen LogP contribution in [0.1, 0.15) is 25.3 Å². The lowest BCUT2D eigenvalue weighted by Gasteiger charge is -2.30. The molecule has 2 aromatic rings. The van der Waals surface area contributed by atoms with Crippen LogP contribution in [-0.4, -0.2) is 31.2 Å². The molecule has 1 aliphatic rings. The van der Waals surface area contributed by atoms with Gasteiger partial charge in [0.1, 0.15) is 0 Å². The smallest absolute Gasteiger partial charge is 0.0725 e. The second-order valence-electron chi connectivity index (χ2n) is 5.50. The van der Waals surface area contributed by atoms with Crippen molar-refractivity contribution in [3.63, 3.8) is 0 Å². The van der Waals surface area contributed by atoms with E-state index in [1.165, 1.54) is 16.6 Å². The number of fused-ring (bicyclic) bond motifs is 1. The molecule has 0 saturated carbocycles. The second kappa shape index (κ2) is 5.17. The molecule has 1 aromatic heterocycles. The molecule has 0 atom stereocenters. The van der Waals surface area contributed by atoms with E-state index in [1.807, 2.05) is 6.20 Å². The Balaban J connectivity index is 2.05. The van der Waals surface area contributed by atoms with Crippen molar-refractivity contribution in [1.29, 1.82) is 0 Å². The first-order valence-corrected chi connectivity index (χ1v) is 7.10. The van der Waals surface area contributed by atoms with Gasteiger partial charge in [0.25, 0.3) is 0 Å². The number of nitrogens with zero attached hydrogens (tertiary/aromatic N) is 2. The number of pyridine rings is 1. The molecule has 0 spiro atoms. The SMILES string of the molecule is CC(C)c1ccc2c(N3CCNCC3)ccnc2c1. The summed E-state index contributed by atoms with van der Waals surface area (Å²) < 4.78 is 0. The van der Waals surface area contributed by atoms with Gasteiger partial charge in [-0.25, -0.2) is 0 Å². The van der Waals surface area contributed by atoms with Crippen LogP contribution in [0, 0.1) is 0 Å². The van der Waals surface area contributed by atoms with E-state index in [9.17, 15) is 0 Å². The fourth-order valence-electron chi connectivity index (χ4n) is 2.69. The van der Waals surface area contributed by atoms with Gasteiger partial charge in [-0.3, -0.25) is 4.98 Å². The number of rotatable bonds is 2. The van der Waals surface area contributed by atoms with Crippen LogP contribution in [0.5, 0.6) is 0 Å². The van der Waals surface area contributed by atoms with Crippen molar-refractivity contribution in [1.82, 2.24) is 10.3 Å². The summed E-state index contributed by atoms with van der Waals surface area (Å²) in [6, 6.07) is 8.84. The molecule has 3 rings (SSSR count). The van der Waals surface area contributed by atoms with Gasteiger partial charge in [-0.05, 0) is 23.6 Å². The van der Waals surface area contributed by atoms with Crippen molar-refractivity contribution >= 4 is 16.6 Å². The van der Waals surface area contributed by atoms with Gasteiger partial charge in [0.15, 0.2) is 0 Å². The molecule has 3 nitrogen and oxygen atoms in total. The first kappa shape index (κ1) is 12.4. The number of nitrogens with one attached hydrogen (secondary N) is 1. The normalized spacial score (nSPS) is 16.3. The van der Waals surface area contributed by atoms with Crippen LogP contribution in [0.25, 0.3) is 10.9 Å². The van der Waals surface area contributed by atoms with Gasteiger partial charge < -0.3 is 10.2 Å². The van der Waals surface area contributed by atoms with E-state index in [0.717, 1.165) is 31.7 Å². The van der Waals surface area contributed by atoms with Gasteiger partial charge in [0, 0.05) is 43.4 Å². The first-order chi connectivity index (χ1) is 9.25. The van der Waals surface area contributed by atoms with Crippen molar-refractivity contribution in [2.75, 3.05) is 31.1 Å². The highest BCUT2D eigenvalue weighted by Crippen LogP contribution is 2.28. The molecular formula is C16H21N3. The Kier molecular flexibility index (Phi) is 3.38. The number of piperazine rings is 1. The number of hydrogen-bond donors (Lipinski definition) is 1. The Hall–Kier alpha value is -1.61. The largest absolute Gasteiger partial charge is 0.368 e. The van der Waals surface area contributed by atoms with Crippen LogP contribution in [0.2, 0.25) is 0 Å². The molecule has 3 heteroatoms. The number of hydrogen-bond acceptors (Lipinski definition) is 3. The summed E-state index contributed by atoms with van der Waals surface area (Å²) in [6.07, 6.45) is 1.93. The average Bonchev–Trinajstić information content (AvgIpc) is 2.47. The predicted octanol–water partition coefficient (Wildman–Crippen LogP) is 2.77.